The number of carbonyl (C=O) groups is 2. The van der Waals surface area contributed by atoms with Gasteiger partial charge in [0.25, 0.3) is 17.4 Å². The van der Waals surface area contributed by atoms with Gasteiger partial charge < -0.3 is 19.6 Å². The number of ether oxygens (including phenoxy) is 1. The molecular weight excluding hydrogens is 509 g/mol. The lowest BCUT2D eigenvalue weighted by Crippen LogP contribution is -2.57. The van der Waals surface area contributed by atoms with E-state index in [9.17, 15) is 27.9 Å². The zero-order valence-electron chi connectivity index (χ0n) is 20.9. The summed E-state index contributed by atoms with van der Waals surface area (Å²) >= 11 is 6.20. The molecule has 2 aromatic rings. The molecule has 37 heavy (non-hydrogen) atoms. The number of hydrogen-bond acceptors (Lipinski definition) is 4. The van der Waals surface area contributed by atoms with Gasteiger partial charge in [-0.2, -0.15) is 13.2 Å². The second kappa shape index (κ2) is 12.2. The first kappa shape index (κ1) is 28.8. The molecule has 0 aromatic heterocycles. The zero-order valence-corrected chi connectivity index (χ0v) is 21.7. The highest BCUT2D eigenvalue weighted by Gasteiger charge is 2.62. The van der Waals surface area contributed by atoms with Crippen molar-refractivity contribution in [1.82, 2.24) is 9.80 Å². The minimum Gasteiger partial charge on any atom is -0.494 e. The molecule has 0 spiro atoms. The van der Waals surface area contributed by atoms with Crippen LogP contribution in [0, 0.1) is 5.92 Å². The molecule has 1 fully saturated rings. The van der Waals surface area contributed by atoms with Gasteiger partial charge in [-0.3, -0.25) is 9.59 Å². The number of alkyl halides is 3. The van der Waals surface area contributed by atoms with E-state index in [1.165, 1.54) is 23.1 Å². The van der Waals surface area contributed by atoms with Crippen molar-refractivity contribution in [2.45, 2.75) is 43.9 Å². The minimum atomic E-state index is -5.13. The summed E-state index contributed by atoms with van der Waals surface area (Å²) in [5, 5.41) is 10.8. The molecule has 0 aliphatic carbocycles. The fourth-order valence-electron chi connectivity index (χ4n) is 4.47. The standard InChI is InChI=1S/C27H32ClF3N2O4/c1-32(2)24(34)22-12-11-21(18-23(22)28)37-17-7-6-8-19-13-15-33(16-14-19)25(35)26(36,27(29,30)31)20-9-4-3-5-10-20/h3-5,9-12,18-19,36H,6-8,13-17H2,1-2H3/t26-/m0/s1. The second-order valence-corrected chi connectivity index (χ2v) is 9.90. The molecule has 0 bridgehead atoms. The van der Waals surface area contributed by atoms with Crippen LogP contribution in [0.25, 0.3) is 0 Å². The van der Waals surface area contributed by atoms with Crippen molar-refractivity contribution in [2.24, 2.45) is 5.92 Å². The maximum atomic E-state index is 13.8. The highest BCUT2D eigenvalue weighted by atomic mass is 35.5. The van der Waals surface area contributed by atoms with Crippen LogP contribution in [0.4, 0.5) is 13.2 Å². The highest BCUT2D eigenvalue weighted by molar-refractivity contribution is 6.34. The summed E-state index contributed by atoms with van der Waals surface area (Å²) in [7, 11) is 3.30. The Labute approximate surface area is 220 Å². The normalized spacial score (nSPS) is 16.2. The number of nitrogens with zero attached hydrogens (tertiary/aromatic N) is 2. The zero-order chi connectivity index (χ0) is 27.2. The van der Waals surface area contributed by atoms with Crippen LogP contribution in [-0.2, 0) is 10.4 Å². The molecular formula is C27H32ClF3N2O4. The summed E-state index contributed by atoms with van der Waals surface area (Å²) < 4.78 is 47.2. The van der Waals surface area contributed by atoms with Crippen LogP contribution in [0.15, 0.2) is 48.5 Å². The summed E-state index contributed by atoms with van der Waals surface area (Å²) in [5.74, 6) is -0.657. The van der Waals surface area contributed by atoms with Gasteiger partial charge >= 0.3 is 6.18 Å². The number of aliphatic hydroxyl groups is 1. The van der Waals surface area contributed by atoms with Gasteiger partial charge in [0.1, 0.15) is 5.75 Å². The summed E-state index contributed by atoms with van der Waals surface area (Å²) in [4.78, 5) is 27.5. The number of likely N-dealkylation sites (tertiary alicyclic amines) is 1. The molecule has 1 atom stereocenters. The van der Waals surface area contributed by atoms with Crippen molar-refractivity contribution >= 4 is 23.4 Å². The molecule has 0 saturated carbocycles. The number of unbranched alkanes of at least 4 members (excludes halogenated alkanes) is 1. The number of halogens is 4. The van der Waals surface area contributed by atoms with E-state index < -0.39 is 23.2 Å². The molecule has 0 radical (unpaired) electrons. The van der Waals surface area contributed by atoms with Gasteiger partial charge in [-0.1, -0.05) is 48.4 Å². The Kier molecular flexibility index (Phi) is 9.47. The molecule has 1 heterocycles. The molecule has 2 amide bonds. The van der Waals surface area contributed by atoms with Gasteiger partial charge in [0.2, 0.25) is 0 Å². The Morgan fingerprint density at radius 3 is 2.30 bits per heavy atom. The molecule has 2 aromatic carbocycles. The Morgan fingerprint density at radius 2 is 1.73 bits per heavy atom. The van der Waals surface area contributed by atoms with Crippen LogP contribution < -0.4 is 4.74 Å². The van der Waals surface area contributed by atoms with Crippen LogP contribution in [0.2, 0.25) is 5.02 Å². The minimum absolute atomic E-state index is 0.168. The maximum absolute atomic E-state index is 13.8. The third-order valence-corrected chi connectivity index (χ3v) is 6.98. The third-order valence-electron chi connectivity index (χ3n) is 6.67. The van der Waals surface area contributed by atoms with Crippen LogP contribution in [0.1, 0.15) is 48.0 Å². The van der Waals surface area contributed by atoms with E-state index in [-0.39, 0.29) is 24.9 Å². The molecule has 1 N–H and O–H groups in total. The molecule has 6 nitrogen and oxygen atoms in total. The number of rotatable bonds is 9. The average molecular weight is 541 g/mol. The fourth-order valence-corrected chi connectivity index (χ4v) is 4.72. The first-order valence-electron chi connectivity index (χ1n) is 12.2. The number of hydrogen-bond donors (Lipinski definition) is 1. The SMILES string of the molecule is CN(C)C(=O)c1ccc(OCCCCC2CCN(C(=O)[C@@](O)(c3ccccc3)C(F)(F)F)CC2)cc1Cl. The lowest BCUT2D eigenvalue weighted by molar-refractivity contribution is -0.262. The van der Waals surface area contributed by atoms with Crippen molar-refractivity contribution in [3.63, 3.8) is 0 Å². The summed E-state index contributed by atoms with van der Waals surface area (Å²) in [6.45, 7) is 0.799. The van der Waals surface area contributed by atoms with Crippen LogP contribution in [-0.4, -0.2) is 66.7 Å². The van der Waals surface area contributed by atoms with E-state index in [0.717, 1.165) is 36.3 Å². The van der Waals surface area contributed by atoms with Crippen molar-refractivity contribution in [3.05, 3.63) is 64.7 Å². The predicted octanol–water partition coefficient (Wildman–Crippen LogP) is 5.28. The van der Waals surface area contributed by atoms with Crippen molar-refractivity contribution in [1.29, 1.82) is 0 Å². The number of piperidine rings is 1. The fraction of sp³-hybridized carbons (Fsp3) is 0.481. The predicted molar refractivity (Wildman–Crippen MR) is 135 cm³/mol. The monoisotopic (exact) mass is 540 g/mol. The van der Waals surface area contributed by atoms with Gasteiger partial charge in [0, 0.05) is 32.7 Å². The lowest BCUT2D eigenvalue weighted by atomic mass is 9.88. The van der Waals surface area contributed by atoms with E-state index in [0.29, 0.717) is 35.8 Å². The first-order valence-corrected chi connectivity index (χ1v) is 12.6. The Balaban J connectivity index is 1.44. The number of benzene rings is 2. The van der Waals surface area contributed by atoms with E-state index in [1.54, 1.807) is 32.3 Å². The summed E-state index contributed by atoms with van der Waals surface area (Å²) in [5.41, 5.74) is -3.63. The second-order valence-electron chi connectivity index (χ2n) is 9.50. The smallest absolute Gasteiger partial charge is 0.430 e. The Hall–Kier alpha value is -2.78. The van der Waals surface area contributed by atoms with E-state index in [2.05, 4.69) is 0 Å². The van der Waals surface area contributed by atoms with Gasteiger partial charge in [0.15, 0.2) is 0 Å². The van der Waals surface area contributed by atoms with Gasteiger partial charge in [0.05, 0.1) is 17.2 Å². The summed E-state index contributed by atoms with van der Waals surface area (Å²) in [6.07, 6.45) is -1.48. The largest absolute Gasteiger partial charge is 0.494 e. The number of amides is 2. The first-order chi connectivity index (χ1) is 17.4. The molecule has 202 valence electrons. The maximum Gasteiger partial charge on any atom is 0.430 e. The molecule has 1 aliphatic heterocycles. The molecule has 0 unspecified atom stereocenters. The van der Waals surface area contributed by atoms with E-state index in [4.69, 9.17) is 16.3 Å². The molecule has 3 rings (SSSR count). The van der Waals surface area contributed by atoms with Gasteiger partial charge in [-0.15, -0.1) is 0 Å². The van der Waals surface area contributed by atoms with E-state index in [1.807, 2.05) is 0 Å². The van der Waals surface area contributed by atoms with Crippen LogP contribution in [0.5, 0.6) is 5.75 Å². The quantitative estimate of drug-likeness (QED) is 0.439. The molecule has 1 saturated heterocycles. The van der Waals surface area contributed by atoms with Crippen LogP contribution in [0.3, 0.4) is 0 Å². The van der Waals surface area contributed by atoms with Crippen molar-refractivity contribution < 1.29 is 32.6 Å². The Morgan fingerprint density at radius 1 is 1.08 bits per heavy atom. The van der Waals surface area contributed by atoms with E-state index >= 15 is 0 Å². The molecule has 1 aliphatic rings. The average Bonchev–Trinajstić information content (AvgIpc) is 2.87. The topological polar surface area (TPSA) is 70.1 Å². The van der Waals surface area contributed by atoms with Crippen molar-refractivity contribution in [2.75, 3.05) is 33.8 Å². The van der Waals surface area contributed by atoms with Crippen LogP contribution >= 0.6 is 11.6 Å². The lowest BCUT2D eigenvalue weighted by Gasteiger charge is -2.38. The number of carbonyl (C=O) groups excluding carboxylic acids is 2. The highest BCUT2D eigenvalue weighted by Crippen LogP contribution is 2.41. The van der Waals surface area contributed by atoms with Gasteiger partial charge in [-0.25, -0.2) is 0 Å². The molecule has 10 heteroatoms. The Bertz CT molecular complexity index is 1070. The third kappa shape index (κ3) is 6.76. The van der Waals surface area contributed by atoms with Gasteiger partial charge in [-0.05, 0) is 49.8 Å². The van der Waals surface area contributed by atoms with Crippen molar-refractivity contribution in [3.8, 4) is 5.75 Å². The summed E-state index contributed by atoms with van der Waals surface area (Å²) in [6, 6.07) is 11.4.